The molecule has 0 radical (unpaired) electrons. The average Bonchev–Trinajstić information content (AvgIpc) is 3.19. The maximum atomic E-state index is 11.9. The number of hydrogen-bond donors (Lipinski definition) is 2. The molecule has 1 heterocycles. The van der Waals surface area contributed by atoms with E-state index in [1.165, 1.54) is 0 Å². The van der Waals surface area contributed by atoms with Crippen molar-refractivity contribution < 1.29 is 19.4 Å². The summed E-state index contributed by atoms with van der Waals surface area (Å²) in [6, 6.07) is 7.67. The van der Waals surface area contributed by atoms with Crippen molar-refractivity contribution in [2.45, 2.75) is 18.9 Å². The monoisotopic (exact) mass is 261 g/mol. The van der Waals surface area contributed by atoms with Crippen molar-refractivity contribution in [1.29, 1.82) is 0 Å². The number of benzene rings is 1. The zero-order valence-corrected chi connectivity index (χ0v) is 10.3. The van der Waals surface area contributed by atoms with Crippen molar-refractivity contribution >= 4 is 11.9 Å². The summed E-state index contributed by atoms with van der Waals surface area (Å²) in [6.45, 7) is 0.438. The molecule has 1 aliphatic heterocycles. The molecule has 0 bridgehead atoms. The number of ether oxygens (including phenoxy) is 1. The highest BCUT2D eigenvalue weighted by atomic mass is 16.5. The Hall–Kier alpha value is -2.04. The number of carboxylic acids is 1. The number of amides is 1. The summed E-state index contributed by atoms with van der Waals surface area (Å²) >= 11 is 0. The Morgan fingerprint density at radius 3 is 2.79 bits per heavy atom. The lowest BCUT2D eigenvalue weighted by Gasteiger charge is -2.26. The average molecular weight is 261 g/mol. The zero-order chi connectivity index (χ0) is 13.4. The van der Waals surface area contributed by atoms with E-state index in [2.05, 4.69) is 5.32 Å². The van der Waals surface area contributed by atoms with Crippen LogP contribution in [0.3, 0.4) is 0 Å². The van der Waals surface area contributed by atoms with Crippen LogP contribution in [0.25, 0.3) is 0 Å². The third-order valence-corrected chi connectivity index (χ3v) is 3.67. The Morgan fingerprint density at radius 2 is 2.05 bits per heavy atom. The van der Waals surface area contributed by atoms with Gasteiger partial charge in [0.2, 0.25) is 5.91 Å². The molecule has 1 fully saturated rings. The number of carbonyl (C=O) groups is 2. The molecule has 1 aromatic rings. The smallest absolute Gasteiger partial charge is 0.307 e. The fourth-order valence-electron chi connectivity index (χ4n) is 2.49. The number of fused-ring (bicyclic) bond motifs is 1. The minimum Gasteiger partial charge on any atom is -0.491 e. The fraction of sp³-hybridized carbons (Fsp3) is 0.429. The first-order valence-corrected chi connectivity index (χ1v) is 6.39. The normalized spacial score (nSPS) is 27.9. The van der Waals surface area contributed by atoms with Gasteiger partial charge in [-0.1, -0.05) is 18.2 Å². The predicted molar refractivity (Wildman–Crippen MR) is 66.8 cm³/mol. The van der Waals surface area contributed by atoms with Gasteiger partial charge in [0, 0.05) is 0 Å². The highest BCUT2D eigenvalue weighted by Crippen LogP contribution is 2.39. The molecule has 1 aromatic carbocycles. The summed E-state index contributed by atoms with van der Waals surface area (Å²) < 4.78 is 5.58. The molecular weight excluding hydrogens is 246 g/mol. The standard InChI is InChI=1S/C14H15NO4/c16-13(10-6-11(10)14(17)18)15-9-5-8-3-1-2-4-12(8)19-7-9/h1-4,9-11H,5-7H2,(H,15,16)(H,17,18)/t9-,10+,11-/m1/s1. The second-order valence-corrected chi connectivity index (χ2v) is 5.12. The van der Waals surface area contributed by atoms with Gasteiger partial charge in [-0.2, -0.15) is 0 Å². The van der Waals surface area contributed by atoms with Crippen LogP contribution in [-0.2, 0) is 16.0 Å². The molecule has 1 amide bonds. The van der Waals surface area contributed by atoms with Gasteiger partial charge in [-0.3, -0.25) is 9.59 Å². The number of rotatable bonds is 3. The van der Waals surface area contributed by atoms with E-state index in [4.69, 9.17) is 9.84 Å². The fourth-order valence-corrected chi connectivity index (χ4v) is 2.49. The van der Waals surface area contributed by atoms with E-state index in [1.54, 1.807) is 0 Å². The number of aliphatic carboxylic acids is 1. The van der Waals surface area contributed by atoms with Crippen LogP contribution < -0.4 is 10.1 Å². The first-order chi connectivity index (χ1) is 9.15. The number of carboxylic acid groups (broad SMARTS) is 1. The third kappa shape index (κ3) is 2.41. The van der Waals surface area contributed by atoms with Crippen LogP contribution in [0, 0.1) is 11.8 Å². The predicted octanol–water partition coefficient (Wildman–Crippen LogP) is 0.827. The molecule has 3 atom stereocenters. The van der Waals surface area contributed by atoms with Crippen LogP contribution >= 0.6 is 0 Å². The molecule has 19 heavy (non-hydrogen) atoms. The third-order valence-electron chi connectivity index (χ3n) is 3.67. The SMILES string of the molecule is O=C(N[C@H]1COc2ccccc2C1)[C@H]1C[C@H]1C(=O)O. The Morgan fingerprint density at radius 1 is 1.26 bits per heavy atom. The summed E-state index contributed by atoms with van der Waals surface area (Å²) in [5.41, 5.74) is 1.07. The van der Waals surface area contributed by atoms with E-state index in [0.717, 1.165) is 17.7 Å². The van der Waals surface area contributed by atoms with E-state index in [9.17, 15) is 9.59 Å². The maximum Gasteiger partial charge on any atom is 0.307 e. The summed E-state index contributed by atoms with van der Waals surface area (Å²) in [7, 11) is 0. The molecular formula is C14H15NO4. The Balaban J connectivity index is 1.58. The number of hydrogen-bond acceptors (Lipinski definition) is 3. The molecule has 3 rings (SSSR count). The van der Waals surface area contributed by atoms with Crippen LogP contribution in [0.2, 0.25) is 0 Å². The van der Waals surface area contributed by atoms with Gasteiger partial charge in [0.05, 0.1) is 17.9 Å². The Bertz CT molecular complexity index is 528. The largest absolute Gasteiger partial charge is 0.491 e. The first-order valence-electron chi connectivity index (χ1n) is 6.39. The van der Waals surface area contributed by atoms with E-state index in [0.29, 0.717) is 13.0 Å². The molecule has 0 unspecified atom stereocenters. The number of para-hydroxylation sites is 1. The lowest BCUT2D eigenvalue weighted by molar-refractivity contribution is -0.140. The second-order valence-electron chi connectivity index (χ2n) is 5.12. The van der Waals surface area contributed by atoms with Crippen molar-refractivity contribution in [3.05, 3.63) is 29.8 Å². The van der Waals surface area contributed by atoms with Crippen molar-refractivity contribution in [1.82, 2.24) is 5.32 Å². The van der Waals surface area contributed by atoms with Crippen molar-refractivity contribution in [3.8, 4) is 5.75 Å². The summed E-state index contributed by atoms with van der Waals surface area (Å²) in [6.07, 6.45) is 1.18. The molecule has 2 N–H and O–H groups in total. The molecule has 1 aliphatic carbocycles. The molecule has 1 saturated carbocycles. The lowest BCUT2D eigenvalue weighted by atomic mass is 10.0. The molecule has 5 nitrogen and oxygen atoms in total. The topological polar surface area (TPSA) is 75.6 Å². The number of nitrogens with one attached hydrogen (secondary N) is 1. The zero-order valence-electron chi connectivity index (χ0n) is 10.3. The molecule has 0 spiro atoms. The second kappa shape index (κ2) is 4.57. The first kappa shape index (κ1) is 12.0. The van der Waals surface area contributed by atoms with Gasteiger partial charge in [0.25, 0.3) is 0 Å². The summed E-state index contributed by atoms with van der Waals surface area (Å²) in [4.78, 5) is 22.6. The van der Waals surface area contributed by atoms with Crippen LogP contribution in [0.1, 0.15) is 12.0 Å². The minimum atomic E-state index is -0.884. The van der Waals surface area contributed by atoms with Crippen LogP contribution in [0.5, 0.6) is 5.75 Å². The van der Waals surface area contributed by atoms with Crippen molar-refractivity contribution in [3.63, 3.8) is 0 Å². The highest BCUT2D eigenvalue weighted by molar-refractivity contribution is 5.89. The molecule has 100 valence electrons. The summed E-state index contributed by atoms with van der Waals surface area (Å²) in [5.74, 6) is -1.06. The van der Waals surface area contributed by atoms with Crippen LogP contribution in [-0.4, -0.2) is 29.6 Å². The van der Waals surface area contributed by atoms with Crippen LogP contribution in [0.4, 0.5) is 0 Å². The van der Waals surface area contributed by atoms with Gasteiger partial charge in [-0.25, -0.2) is 0 Å². The van der Waals surface area contributed by atoms with Crippen LogP contribution in [0.15, 0.2) is 24.3 Å². The number of carbonyl (C=O) groups excluding carboxylic acids is 1. The van der Waals surface area contributed by atoms with Gasteiger partial charge in [0.15, 0.2) is 0 Å². The van der Waals surface area contributed by atoms with Gasteiger partial charge in [-0.05, 0) is 24.5 Å². The van der Waals surface area contributed by atoms with Gasteiger partial charge < -0.3 is 15.2 Å². The molecule has 0 aromatic heterocycles. The van der Waals surface area contributed by atoms with Crippen molar-refractivity contribution in [2.24, 2.45) is 11.8 Å². The van der Waals surface area contributed by atoms with Crippen molar-refractivity contribution in [2.75, 3.05) is 6.61 Å². The van der Waals surface area contributed by atoms with E-state index >= 15 is 0 Å². The maximum absolute atomic E-state index is 11.9. The lowest BCUT2D eigenvalue weighted by Crippen LogP contribution is -2.43. The minimum absolute atomic E-state index is 0.0718. The highest BCUT2D eigenvalue weighted by Gasteiger charge is 2.48. The van der Waals surface area contributed by atoms with E-state index in [1.807, 2.05) is 24.3 Å². The molecule has 0 saturated heterocycles. The molecule has 5 heteroatoms. The molecule has 2 aliphatic rings. The van der Waals surface area contributed by atoms with Gasteiger partial charge >= 0.3 is 5.97 Å². The van der Waals surface area contributed by atoms with E-state index < -0.39 is 11.9 Å². The van der Waals surface area contributed by atoms with E-state index in [-0.39, 0.29) is 17.9 Å². The Labute approximate surface area is 110 Å². The quantitative estimate of drug-likeness (QED) is 0.845. The van der Waals surface area contributed by atoms with Gasteiger partial charge in [-0.15, -0.1) is 0 Å². The Kier molecular flexibility index (Phi) is 2.89. The van der Waals surface area contributed by atoms with Gasteiger partial charge in [0.1, 0.15) is 12.4 Å². The summed E-state index contributed by atoms with van der Waals surface area (Å²) in [5, 5.41) is 11.7.